The third-order valence-electron chi connectivity index (χ3n) is 3.10. The molecule has 0 aliphatic carbocycles. The lowest BCUT2D eigenvalue weighted by molar-refractivity contribution is -0.116. The first-order valence-corrected chi connectivity index (χ1v) is 6.56. The van der Waals surface area contributed by atoms with Crippen molar-refractivity contribution in [2.75, 3.05) is 11.9 Å². The van der Waals surface area contributed by atoms with Gasteiger partial charge in [0.05, 0.1) is 11.2 Å². The summed E-state index contributed by atoms with van der Waals surface area (Å²) in [4.78, 5) is 16.2. The number of nitrogens with zero attached hydrogens (tertiary/aromatic N) is 1. The smallest absolute Gasteiger partial charge is 0.224 e. The average Bonchev–Trinajstić information content (AvgIpc) is 2.43. The van der Waals surface area contributed by atoms with Crippen molar-refractivity contribution in [1.82, 2.24) is 4.98 Å². The maximum absolute atomic E-state index is 11.8. The van der Waals surface area contributed by atoms with Crippen LogP contribution < -0.4 is 11.1 Å². The number of hydrogen-bond acceptors (Lipinski definition) is 3. The van der Waals surface area contributed by atoms with Gasteiger partial charge in [0.15, 0.2) is 0 Å². The highest BCUT2D eigenvalue weighted by Crippen LogP contribution is 2.24. The lowest BCUT2D eigenvalue weighted by Crippen LogP contribution is -2.12. The fourth-order valence-electron chi connectivity index (χ4n) is 2.07. The van der Waals surface area contributed by atoms with Gasteiger partial charge in [0.2, 0.25) is 5.91 Å². The number of rotatable bonds is 5. The number of aryl methyl sites for hydroxylation is 1. The Kier molecular flexibility index (Phi) is 4.47. The van der Waals surface area contributed by atoms with E-state index in [1.54, 1.807) is 6.20 Å². The molecule has 0 fully saturated rings. The number of anilines is 1. The van der Waals surface area contributed by atoms with Gasteiger partial charge in [-0.15, -0.1) is 0 Å². The molecule has 2 aromatic rings. The quantitative estimate of drug-likeness (QED) is 0.809. The van der Waals surface area contributed by atoms with E-state index in [1.165, 1.54) is 0 Å². The van der Waals surface area contributed by atoms with Crippen LogP contribution in [-0.4, -0.2) is 17.4 Å². The van der Waals surface area contributed by atoms with E-state index >= 15 is 0 Å². The first-order chi connectivity index (χ1) is 9.22. The summed E-state index contributed by atoms with van der Waals surface area (Å²) in [6.45, 7) is 2.65. The summed E-state index contributed by atoms with van der Waals surface area (Å²) in [5.41, 5.74) is 8.28. The van der Waals surface area contributed by atoms with Crippen LogP contribution in [0.15, 0.2) is 30.5 Å². The summed E-state index contributed by atoms with van der Waals surface area (Å²) >= 11 is 0. The molecule has 0 aliphatic rings. The number of unbranched alkanes of at least 4 members (excludes halogenated alkanes) is 1. The molecular weight excluding hydrogens is 238 g/mol. The van der Waals surface area contributed by atoms with Crippen molar-refractivity contribution in [1.29, 1.82) is 0 Å². The second-order valence-corrected chi connectivity index (χ2v) is 4.62. The van der Waals surface area contributed by atoms with Gasteiger partial charge >= 0.3 is 0 Å². The highest BCUT2D eigenvalue weighted by atomic mass is 16.1. The summed E-state index contributed by atoms with van der Waals surface area (Å²) in [5.74, 6) is 0.0301. The molecule has 0 aliphatic heterocycles. The normalized spacial score (nSPS) is 10.6. The third-order valence-corrected chi connectivity index (χ3v) is 3.10. The molecule has 0 saturated heterocycles. The Morgan fingerprint density at radius 1 is 1.32 bits per heavy atom. The zero-order chi connectivity index (χ0) is 13.7. The predicted molar refractivity (Wildman–Crippen MR) is 78.0 cm³/mol. The minimum atomic E-state index is 0.0301. The van der Waals surface area contributed by atoms with Crippen molar-refractivity contribution >= 4 is 22.5 Å². The van der Waals surface area contributed by atoms with Crippen LogP contribution >= 0.6 is 0 Å². The van der Waals surface area contributed by atoms with E-state index in [2.05, 4.69) is 10.3 Å². The Morgan fingerprint density at radius 2 is 2.16 bits per heavy atom. The van der Waals surface area contributed by atoms with E-state index in [0.717, 1.165) is 35.0 Å². The summed E-state index contributed by atoms with van der Waals surface area (Å²) in [6, 6.07) is 7.77. The predicted octanol–water partition coefficient (Wildman–Crippen LogP) is 2.61. The molecule has 3 N–H and O–H groups in total. The van der Waals surface area contributed by atoms with Gasteiger partial charge in [0.25, 0.3) is 0 Å². The summed E-state index contributed by atoms with van der Waals surface area (Å²) in [6.07, 6.45) is 3.98. The molecule has 4 nitrogen and oxygen atoms in total. The van der Waals surface area contributed by atoms with Crippen molar-refractivity contribution in [3.63, 3.8) is 0 Å². The highest BCUT2D eigenvalue weighted by molar-refractivity contribution is 6.01. The average molecular weight is 257 g/mol. The number of fused-ring (bicyclic) bond motifs is 1. The third kappa shape index (κ3) is 3.29. The van der Waals surface area contributed by atoms with Gasteiger partial charge in [-0.05, 0) is 50.1 Å². The molecular formula is C15H19N3O. The number of pyridine rings is 1. The topological polar surface area (TPSA) is 68.0 Å². The molecule has 100 valence electrons. The Labute approximate surface area is 113 Å². The van der Waals surface area contributed by atoms with E-state index < -0.39 is 0 Å². The van der Waals surface area contributed by atoms with Gasteiger partial charge in [-0.2, -0.15) is 0 Å². The summed E-state index contributed by atoms with van der Waals surface area (Å²) < 4.78 is 0. The minimum Gasteiger partial charge on any atom is -0.330 e. The van der Waals surface area contributed by atoms with Crippen LogP contribution in [0.2, 0.25) is 0 Å². The SMILES string of the molecule is Cc1ccc(NC(=O)CCCCN)c2cccnc12. The highest BCUT2D eigenvalue weighted by Gasteiger charge is 2.07. The zero-order valence-electron chi connectivity index (χ0n) is 11.1. The zero-order valence-corrected chi connectivity index (χ0v) is 11.1. The van der Waals surface area contributed by atoms with Crippen LogP contribution in [0, 0.1) is 6.92 Å². The summed E-state index contributed by atoms with van der Waals surface area (Å²) in [7, 11) is 0. The van der Waals surface area contributed by atoms with Crippen molar-refractivity contribution in [3.8, 4) is 0 Å². The van der Waals surface area contributed by atoms with E-state index in [1.807, 2.05) is 31.2 Å². The van der Waals surface area contributed by atoms with Crippen LogP contribution in [0.25, 0.3) is 10.9 Å². The van der Waals surface area contributed by atoms with Crippen LogP contribution in [0.4, 0.5) is 5.69 Å². The molecule has 0 radical (unpaired) electrons. The van der Waals surface area contributed by atoms with Crippen LogP contribution in [0.5, 0.6) is 0 Å². The van der Waals surface area contributed by atoms with Gasteiger partial charge in [-0.25, -0.2) is 0 Å². The molecule has 0 spiro atoms. The molecule has 0 saturated carbocycles. The maximum Gasteiger partial charge on any atom is 0.224 e. The molecule has 2 rings (SSSR count). The Bertz CT molecular complexity index is 581. The van der Waals surface area contributed by atoms with Crippen molar-refractivity contribution in [2.45, 2.75) is 26.2 Å². The monoisotopic (exact) mass is 257 g/mol. The van der Waals surface area contributed by atoms with Gasteiger partial charge in [-0.3, -0.25) is 9.78 Å². The number of nitrogens with one attached hydrogen (secondary N) is 1. The minimum absolute atomic E-state index is 0.0301. The fourth-order valence-corrected chi connectivity index (χ4v) is 2.07. The molecule has 1 aromatic carbocycles. The van der Waals surface area contributed by atoms with Gasteiger partial charge in [0.1, 0.15) is 0 Å². The number of hydrogen-bond donors (Lipinski definition) is 2. The Balaban J connectivity index is 2.17. The molecule has 1 heterocycles. The van der Waals surface area contributed by atoms with Gasteiger partial charge in [-0.1, -0.05) is 6.07 Å². The van der Waals surface area contributed by atoms with E-state index in [0.29, 0.717) is 13.0 Å². The maximum atomic E-state index is 11.8. The summed E-state index contributed by atoms with van der Waals surface area (Å²) in [5, 5.41) is 3.93. The number of benzene rings is 1. The molecule has 4 heteroatoms. The molecule has 19 heavy (non-hydrogen) atoms. The molecule has 1 amide bonds. The Hall–Kier alpha value is -1.94. The number of nitrogens with two attached hydrogens (primary N) is 1. The number of carbonyl (C=O) groups is 1. The molecule has 0 bridgehead atoms. The Morgan fingerprint density at radius 3 is 2.95 bits per heavy atom. The molecule has 1 aromatic heterocycles. The van der Waals surface area contributed by atoms with Crippen molar-refractivity contribution in [3.05, 3.63) is 36.0 Å². The number of carbonyl (C=O) groups excluding carboxylic acids is 1. The molecule has 0 atom stereocenters. The van der Waals surface area contributed by atoms with Crippen LogP contribution in [0.1, 0.15) is 24.8 Å². The van der Waals surface area contributed by atoms with Gasteiger partial charge < -0.3 is 11.1 Å². The van der Waals surface area contributed by atoms with Crippen molar-refractivity contribution < 1.29 is 4.79 Å². The molecule has 0 unspecified atom stereocenters. The number of amides is 1. The first-order valence-electron chi connectivity index (χ1n) is 6.56. The fraction of sp³-hybridized carbons (Fsp3) is 0.333. The van der Waals surface area contributed by atoms with E-state index in [4.69, 9.17) is 5.73 Å². The number of aromatic nitrogens is 1. The standard InChI is InChI=1S/C15H19N3O/c1-11-7-8-13(12-5-4-10-17-15(11)12)18-14(19)6-2-3-9-16/h4-5,7-8,10H,2-3,6,9,16H2,1H3,(H,18,19). The van der Waals surface area contributed by atoms with Crippen LogP contribution in [-0.2, 0) is 4.79 Å². The van der Waals surface area contributed by atoms with E-state index in [-0.39, 0.29) is 5.91 Å². The second kappa shape index (κ2) is 6.29. The van der Waals surface area contributed by atoms with Crippen LogP contribution in [0.3, 0.4) is 0 Å². The second-order valence-electron chi connectivity index (χ2n) is 4.62. The van der Waals surface area contributed by atoms with Crippen molar-refractivity contribution in [2.24, 2.45) is 5.73 Å². The lowest BCUT2D eigenvalue weighted by atomic mass is 10.1. The van der Waals surface area contributed by atoms with E-state index in [9.17, 15) is 4.79 Å². The first kappa shape index (κ1) is 13.5. The lowest BCUT2D eigenvalue weighted by Gasteiger charge is -2.09. The largest absolute Gasteiger partial charge is 0.330 e. The van der Waals surface area contributed by atoms with Gasteiger partial charge in [0, 0.05) is 18.0 Å².